The van der Waals surface area contributed by atoms with E-state index in [1.165, 1.54) is 6.42 Å². The molecule has 0 spiro atoms. The SMILES string of the molecule is CCCCNc1ncnc2c1sc1nccc(N(C)C)c12. The molecule has 0 aromatic carbocycles. The second-order valence-electron chi connectivity index (χ2n) is 5.19. The summed E-state index contributed by atoms with van der Waals surface area (Å²) >= 11 is 1.65. The van der Waals surface area contributed by atoms with E-state index in [9.17, 15) is 0 Å². The van der Waals surface area contributed by atoms with E-state index in [1.54, 1.807) is 17.7 Å². The highest BCUT2D eigenvalue weighted by atomic mass is 32.1. The van der Waals surface area contributed by atoms with Crippen LogP contribution in [-0.2, 0) is 0 Å². The van der Waals surface area contributed by atoms with Crippen molar-refractivity contribution in [3.05, 3.63) is 18.6 Å². The first-order valence-electron chi connectivity index (χ1n) is 7.15. The number of fused-ring (bicyclic) bond motifs is 3. The minimum Gasteiger partial charge on any atom is -0.377 e. The number of unbranched alkanes of at least 4 members (excludes halogenated alkanes) is 1. The third-order valence-corrected chi connectivity index (χ3v) is 4.53. The average Bonchev–Trinajstić information content (AvgIpc) is 2.87. The summed E-state index contributed by atoms with van der Waals surface area (Å²) in [5.41, 5.74) is 2.13. The Labute approximate surface area is 128 Å². The minimum absolute atomic E-state index is 0.918. The summed E-state index contributed by atoms with van der Waals surface area (Å²) in [5.74, 6) is 0.918. The molecule has 0 radical (unpaired) electrons. The Morgan fingerprint density at radius 1 is 1.24 bits per heavy atom. The van der Waals surface area contributed by atoms with E-state index in [4.69, 9.17) is 0 Å². The number of anilines is 2. The molecule has 0 saturated heterocycles. The van der Waals surface area contributed by atoms with E-state index in [0.29, 0.717) is 0 Å². The Morgan fingerprint density at radius 3 is 2.86 bits per heavy atom. The van der Waals surface area contributed by atoms with Gasteiger partial charge in [0.05, 0.1) is 21.3 Å². The van der Waals surface area contributed by atoms with Crippen LogP contribution in [-0.4, -0.2) is 35.6 Å². The second-order valence-corrected chi connectivity index (χ2v) is 6.19. The largest absolute Gasteiger partial charge is 0.377 e. The quantitative estimate of drug-likeness (QED) is 0.731. The predicted molar refractivity (Wildman–Crippen MR) is 90.4 cm³/mol. The number of aromatic nitrogens is 3. The van der Waals surface area contributed by atoms with Crippen LogP contribution in [0.4, 0.5) is 11.5 Å². The van der Waals surface area contributed by atoms with Gasteiger partial charge < -0.3 is 10.2 Å². The molecule has 3 aromatic rings. The van der Waals surface area contributed by atoms with Gasteiger partial charge in [-0.25, -0.2) is 15.0 Å². The molecule has 0 aliphatic heterocycles. The van der Waals surface area contributed by atoms with E-state index in [1.807, 2.05) is 26.4 Å². The van der Waals surface area contributed by atoms with Crippen molar-refractivity contribution in [3.63, 3.8) is 0 Å². The first-order chi connectivity index (χ1) is 10.2. The van der Waals surface area contributed by atoms with Crippen LogP contribution in [0.2, 0.25) is 0 Å². The van der Waals surface area contributed by atoms with Crippen LogP contribution in [0.1, 0.15) is 19.8 Å². The van der Waals surface area contributed by atoms with Crippen LogP contribution in [0.25, 0.3) is 20.4 Å². The number of hydrogen-bond acceptors (Lipinski definition) is 6. The van der Waals surface area contributed by atoms with Crippen LogP contribution >= 0.6 is 11.3 Å². The van der Waals surface area contributed by atoms with Gasteiger partial charge in [0.25, 0.3) is 0 Å². The number of rotatable bonds is 5. The molecule has 0 atom stereocenters. The van der Waals surface area contributed by atoms with E-state index in [2.05, 4.69) is 32.1 Å². The van der Waals surface area contributed by atoms with E-state index in [-0.39, 0.29) is 0 Å². The van der Waals surface area contributed by atoms with E-state index in [0.717, 1.165) is 44.9 Å². The standard InChI is InChI=1S/C15H19N5S/c1-4-5-7-16-14-13-12(18-9-19-14)11-10(20(2)3)6-8-17-15(11)21-13/h6,8-9H,4-5,7H2,1-3H3,(H,16,18,19). The van der Waals surface area contributed by atoms with Crippen molar-refractivity contribution in [1.82, 2.24) is 15.0 Å². The summed E-state index contributed by atoms with van der Waals surface area (Å²) < 4.78 is 1.09. The van der Waals surface area contributed by atoms with E-state index < -0.39 is 0 Å². The van der Waals surface area contributed by atoms with Gasteiger partial charge in [-0.15, -0.1) is 11.3 Å². The fraction of sp³-hybridized carbons (Fsp3) is 0.400. The first kappa shape index (κ1) is 14.0. The summed E-state index contributed by atoms with van der Waals surface area (Å²) in [7, 11) is 4.08. The lowest BCUT2D eigenvalue weighted by Crippen LogP contribution is -2.09. The molecule has 110 valence electrons. The van der Waals surface area contributed by atoms with Gasteiger partial charge in [0, 0.05) is 26.8 Å². The van der Waals surface area contributed by atoms with Gasteiger partial charge in [-0.2, -0.15) is 0 Å². The number of hydrogen-bond donors (Lipinski definition) is 1. The van der Waals surface area contributed by atoms with Gasteiger partial charge in [0.1, 0.15) is 17.0 Å². The highest BCUT2D eigenvalue weighted by Gasteiger charge is 2.15. The molecule has 1 N–H and O–H groups in total. The highest BCUT2D eigenvalue weighted by Crippen LogP contribution is 2.38. The summed E-state index contributed by atoms with van der Waals surface area (Å²) in [6, 6.07) is 2.03. The maximum atomic E-state index is 4.50. The molecular weight excluding hydrogens is 282 g/mol. The molecule has 3 heterocycles. The van der Waals surface area contributed by atoms with Gasteiger partial charge in [-0.05, 0) is 12.5 Å². The fourth-order valence-corrected chi connectivity index (χ4v) is 3.44. The Kier molecular flexibility index (Phi) is 3.88. The monoisotopic (exact) mass is 301 g/mol. The van der Waals surface area contributed by atoms with Gasteiger partial charge in [0.15, 0.2) is 0 Å². The summed E-state index contributed by atoms with van der Waals surface area (Å²) in [5, 5.41) is 4.53. The predicted octanol–water partition coefficient (Wildman–Crippen LogP) is 3.52. The van der Waals surface area contributed by atoms with Gasteiger partial charge in [-0.1, -0.05) is 13.3 Å². The molecule has 0 unspecified atom stereocenters. The van der Waals surface area contributed by atoms with Crippen LogP contribution in [0.3, 0.4) is 0 Å². The molecule has 3 rings (SSSR count). The molecule has 0 bridgehead atoms. The van der Waals surface area contributed by atoms with Crippen molar-refractivity contribution in [3.8, 4) is 0 Å². The number of thiophene rings is 1. The zero-order chi connectivity index (χ0) is 14.8. The van der Waals surface area contributed by atoms with E-state index >= 15 is 0 Å². The molecule has 0 amide bonds. The molecule has 6 heteroatoms. The van der Waals surface area contributed by atoms with Crippen LogP contribution in [0.5, 0.6) is 0 Å². The third kappa shape index (κ3) is 2.51. The molecule has 0 aliphatic rings. The Hall–Kier alpha value is -1.95. The maximum absolute atomic E-state index is 4.50. The Morgan fingerprint density at radius 2 is 2.10 bits per heavy atom. The molecule has 0 aliphatic carbocycles. The topological polar surface area (TPSA) is 53.9 Å². The van der Waals surface area contributed by atoms with Crippen molar-refractivity contribution in [1.29, 1.82) is 0 Å². The van der Waals surface area contributed by atoms with Crippen LogP contribution in [0.15, 0.2) is 18.6 Å². The van der Waals surface area contributed by atoms with Crippen LogP contribution < -0.4 is 10.2 Å². The number of nitrogens with one attached hydrogen (secondary N) is 1. The summed E-state index contributed by atoms with van der Waals surface area (Å²) in [6.07, 6.45) is 5.79. The first-order valence-corrected chi connectivity index (χ1v) is 7.97. The second kappa shape index (κ2) is 5.81. The van der Waals surface area contributed by atoms with Crippen molar-refractivity contribution in [2.75, 3.05) is 30.9 Å². The number of nitrogens with zero attached hydrogens (tertiary/aromatic N) is 4. The smallest absolute Gasteiger partial charge is 0.147 e. The van der Waals surface area contributed by atoms with Crippen molar-refractivity contribution in [2.45, 2.75) is 19.8 Å². The van der Waals surface area contributed by atoms with Crippen LogP contribution in [0, 0.1) is 0 Å². The normalized spacial score (nSPS) is 11.2. The molecule has 0 fully saturated rings. The third-order valence-electron chi connectivity index (χ3n) is 3.44. The Bertz CT molecular complexity index is 765. The zero-order valence-electron chi connectivity index (χ0n) is 12.6. The van der Waals surface area contributed by atoms with Gasteiger partial charge in [-0.3, -0.25) is 0 Å². The molecule has 3 aromatic heterocycles. The van der Waals surface area contributed by atoms with Crippen molar-refractivity contribution in [2.24, 2.45) is 0 Å². The summed E-state index contributed by atoms with van der Waals surface area (Å²) in [6.45, 7) is 3.12. The minimum atomic E-state index is 0.918. The Balaban J connectivity index is 2.17. The maximum Gasteiger partial charge on any atom is 0.147 e. The lowest BCUT2D eigenvalue weighted by atomic mass is 10.2. The van der Waals surface area contributed by atoms with Gasteiger partial charge >= 0.3 is 0 Å². The van der Waals surface area contributed by atoms with Crippen molar-refractivity contribution < 1.29 is 0 Å². The number of pyridine rings is 1. The molecule has 21 heavy (non-hydrogen) atoms. The molecule has 5 nitrogen and oxygen atoms in total. The van der Waals surface area contributed by atoms with Crippen molar-refractivity contribution >= 4 is 43.3 Å². The highest BCUT2D eigenvalue weighted by molar-refractivity contribution is 7.26. The van der Waals surface area contributed by atoms with Gasteiger partial charge in [0.2, 0.25) is 0 Å². The average molecular weight is 301 g/mol. The summed E-state index contributed by atoms with van der Waals surface area (Å²) in [4.78, 5) is 16.5. The lowest BCUT2D eigenvalue weighted by molar-refractivity contribution is 0.832. The molecule has 0 saturated carbocycles. The zero-order valence-corrected chi connectivity index (χ0v) is 13.4. The lowest BCUT2D eigenvalue weighted by Gasteiger charge is -2.13. The fourth-order valence-electron chi connectivity index (χ4n) is 2.36. The molecular formula is C15H19N5S.